The predicted molar refractivity (Wildman–Crippen MR) is 68.4 cm³/mol. The molecule has 0 aromatic heterocycles. The van der Waals surface area contributed by atoms with Gasteiger partial charge in [0.05, 0.1) is 0 Å². The van der Waals surface area contributed by atoms with Crippen molar-refractivity contribution in [2.24, 2.45) is 11.7 Å². The van der Waals surface area contributed by atoms with E-state index in [1.165, 1.54) is 0 Å². The first-order chi connectivity index (χ1) is 8.05. The van der Waals surface area contributed by atoms with E-state index in [0.29, 0.717) is 6.54 Å². The molecule has 2 N–H and O–H groups in total. The maximum atomic E-state index is 15.1. The first-order valence-corrected chi connectivity index (χ1v) is 6.21. The van der Waals surface area contributed by atoms with E-state index in [1.807, 2.05) is 31.3 Å². The van der Waals surface area contributed by atoms with E-state index < -0.39 is 5.67 Å². The summed E-state index contributed by atoms with van der Waals surface area (Å²) in [6.07, 6.45) is 0.919. The van der Waals surface area contributed by atoms with Crippen LogP contribution in [0.5, 0.6) is 0 Å². The highest BCUT2D eigenvalue weighted by Crippen LogP contribution is 2.40. The maximum absolute atomic E-state index is 15.1. The largest absolute Gasteiger partial charge is 0.326 e. The van der Waals surface area contributed by atoms with Gasteiger partial charge in [0.2, 0.25) is 0 Å². The summed E-state index contributed by atoms with van der Waals surface area (Å²) < 4.78 is 15.1. The molecule has 2 rings (SSSR count). The predicted octanol–water partition coefficient (Wildman–Crippen LogP) is 2.28. The van der Waals surface area contributed by atoms with E-state index in [0.717, 1.165) is 30.6 Å². The van der Waals surface area contributed by atoms with Crippen LogP contribution in [0.1, 0.15) is 24.5 Å². The van der Waals surface area contributed by atoms with Gasteiger partial charge >= 0.3 is 0 Å². The number of benzene rings is 1. The Morgan fingerprint density at radius 1 is 1.47 bits per heavy atom. The minimum Gasteiger partial charge on any atom is -0.326 e. The fourth-order valence-corrected chi connectivity index (χ4v) is 2.77. The molecule has 0 radical (unpaired) electrons. The molecule has 2 unspecified atom stereocenters. The molecule has 0 saturated carbocycles. The Labute approximate surface area is 103 Å². The molecular formula is C14H21FN2. The van der Waals surface area contributed by atoms with Crippen LogP contribution in [0, 0.1) is 5.92 Å². The van der Waals surface area contributed by atoms with Gasteiger partial charge in [-0.15, -0.1) is 0 Å². The third-order valence-corrected chi connectivity index (χ3v) is 3.92. The fourth-order valence-electron chi connectivity index (χ4n) is 2.77. The van der Waals surface area contributed by atoms with E-state index >= 15 is 4.39 Å². The van der Waals surface area contributed by atoms with Crippen molar-refractivity contribution in [2.75, 3.05) is 20.1 Å². The molecule has 1 fully saturated rings. The monoisotopic (exact) mass is 236 g/mol. The van der Waals surface area contributed by atoms with Crippen molar-refractivity contribution in [1.29, 1.82) is 0 Å². The fraction of sp³-hybridized carbons (Fsp3) is 0.571. The van der Waals surface area contributed by atoms with Gasteiger partial charge in [-0.3, -0.25) is 0 Å². The van der Waals surface area contributed by atoms with Crippen LogP contribution in [0.2, 0.25) is 0 Å². The number of nitrogens with zero attached hydrogens (tertiary/aromatic N) is 1. The molecule has 1 heterocycles. The minimum atomic E-state index is -1.28. The molecule has 1 saturated heterocycles. The number of likely N-dealkylation sites (tertiary alicyclic amines) is 1. The smallest absolute Gasteiger partial charge is 0.137 e. The normalized spacial score (nSPS) is 24.8. The Balaban J connectivity index is 2.30. The average molecular weight is 236 g/mol. The molecule has 0 bridgehead atoms. The second kappa shape index (κ2) is 4.75. The van der Waals surface area contributed by atoms with E-state index in [1.54, 1.807) is 6.92 Å². The van der Waals surface area contributed by atoms with E-state index in [4.69, 9.17) is 5.73 Å². The summed E-state index contributed by atoms with van der Waals surface area (Å²) in [5.41, 5.74) is 6.11. The van der Waals surface area contributed by atoms with Crippen LogP contribution in [0.15, 0.2) is 24.3 Å². The van der Waals surface area contributed by atoms with Gasteiger partial charge in [-0.2, -0.15) is 0 Å². The van der Waals surface area contributed by atoms with Gasteiger partial charge in [-0.25, -0.2) is 4.39 Å². The second-order valence-corrected chi connectivity index (χ2v) is 5.18. The highest BCUT2D eigenvalue weighted by atomic mass is 19.1. The molecule has 1 aromatic carbocycles. The minimum absolute atomic E-state index is 0.0696. The number of halogens is 1. The Hall–Kier alpha value is -0.930. The third-order valence-electron chi connectivity index (χ3n) is 3.92. The van der Waals surface area contributed by atoms with Crippen LogP contribution >= 0.6 is 0 Å². The Kier molecular flexibility index (Phi) is 3.50. The van der Waals surface area contributed by atoms with Gasteiger partial charge in [0.1, 0.15) is 5.67 Å². The molecule has 2 nitrogen and oxygen atoms in total. The molecule has 1 aliphatic rings. The lowest BCUT2D eigenvalue weighted by Crippen LogP contribution is -2.31. The van der Waals surface area contributed by atoms with Gasteiger partial charge in [0.25, 0.3) is 0 Å². The van der Waals surface area contributed by atoms with Crippen LogP contribution in [-0.2, 0) is 12.2 Å². The number of hydrogen-bond acceptors (Lipinski definition) is 2. The molecule has 2 atom stereocenters. The molecule has 3 heteroatoms. The summed E-state index contributed by atoms with van der Waals surface area (Å²) in [5.74, 6) is 0.0696. The number of rotatable bonds is 3. The van der Waals surface area contributed by atoms with Crippen LogP contribution < -0.4 is 5.73 Å². The molecule has 1 aliphatic heterocycles. The van der Waals surface area contributed by atoms with Crippen LogP contribution in [0.3, 0.4) is 0 Å². The van der Waals surface area contributed by atoms with Crippen molar-refractivity contribution in [3.8, 4) is 0 Å². The first kappa shape index (κ1) is 12.5. The van der Waals surface area contributed by atoms with Crippen molar-refractivity contribution in [2.45, 2.75) is 25.6 Å². The number of nitrogens with two attached hydrogens (primary N) is 1. The maximum Gasteiger partial charge on any atom is 0.137 e. The SMILES string of the molecule is CN1CCC(C(C)(F)c2ccccc2CN)C1. The molecule has 0 amide bonds. The van der Waals surface area contributed by atoms with Gasteiger partial charge in [-0.1, -0.05) is 24.3 Å². The molecule has 17 heavy (non-hydrogen) atoms. The zero-order valence-electron chi connectivity index (χ0n) is 10.6. The van der Waals surface area contributed by atoms with Crippen molar-refractivity contribution in [1.82, 2.24) is 4.90 Å². The van der Waals surface area contributed by atoms with E-state index in [9.17, 15) is 0 Å². The van der Waals surface area contributed by atoms with Gasteiger partial charge < -0.3 is 10.6 Å². The Morgan fingerprint density at radius 2 is 2.18 bits per heavy atom. The Bertz CT molecular complexity index is 390. The number of alkyl halides is 1. The molecular weight excluding hydrogens is 215 g/mol. The quantitative estimate of drug-likeness (QED) is 0.872. The molecule has 0 spiro atoms. The highest BCUT2D eigenvalue weighted by molar-refractivity contribution is 5.32. The van der Waals surface area contributed by atoms with Crippen molar-refractivity contribution in [3.63, 3.8) is 0 Å². The summed E-state index contributed by atoms with van der Waals surface area (Å²) in [4.78, 5) is 2.19. The number of hydrogen-bond donors (Lipinski definition) is 1. The second-order valence-electron chi connectivity index (χ2n) is 5.18. The molecule has 0 aliphatic carbocycles. The van der Waals surface area contributed by atoms with Gasteiger partial charge in [0, 0.05) is 19.0 Å². The van der Waals surface area contributed by atoms with Gasteiger partial charge in [-0.05, 0) is 38.1 Å². The summed E-state index contributed by atoms with van der Waals surface area (Å²) in [7, 11) is 2.05. The lowest BCUT2D eigenvalue weighted by molar-refractivity contribution is 0.105. The van der Waals surface area contributed by atoms with Crippen molar-refractivity contribution < 1.29 is 4.39 Å². The summed E-state index contributed by atoms with van der Waals surface area (Å²) in [6, 6.07) is 7.61. The van der Waals surface area contributed by atoms with Crippen LogP contribution in [0.25, 0.3) is 0 Å². The topological polar surface area (TPSA) is 29.3 Å². The zero-order chi connectivity index (χ0) is 12.5. The highest BCUT2D eigenvalue weighted by Gasteiger charge is 2.40. The average Bonchev–Trinajstić information content (AvgIpc) is 2.76. The zero-order valence-corrected chi connectivity index (χ0v) is 10.6. The molecule has 94 valence electrons. The lowest BCUT2D eigenvalue weighted by Gasteiger charge is -2.29. The summed E-state index contributed by atoms with van der Waals surface area (Å²) >= 11 is 0. The lowest BCUT2D eigenvalue weighted by atomic mass is 9.81. The van der Waals surface area contributed by atoms with Crippen molar-refractivity contribution in [3.05, 3.63) is 35.4 Å². The third kappa shape index (κ3) is 2.35. The Morgan fingerprint density at radius 3 is 2.76 bits per heavy atom. The standard InChI is InChI=1S/C14H21FN2/c1-14(15,12-7-8-17(2)10-12)13-6-4-3-5-11(13)9-16/h3-6,12H,7-10,16H2,1-2H3. The molecule has 1 aromatic rings. The van der Waals surface area contributed by atoms with Crippen LogP contribution in [0.4, 0.5) is 4.39 Å². The first-order valence-electron chi connectivity index (χ1n) is 6.21. The van der Waals surface area contributed by atoms with E-state index in [2.05, 4.69) is 4.90 Å². The van der Waals surface area contributed by atoms with E-state index in [-0.39, 0.29) is 5.92 Å². The van der Waals surface area contributed by atoms with Gasteiger partial charge in [0.15, 0.2) is 0 Å². The van der Waals surface area contributed by atoms with Crippen molar-refractivity contribution >= 4 is 0 Å². The van der Waals surface area contributed by atoms with Crippen LogP contribution in [-0.4, -0.2) is 25.0 Å². The summed E-state index contributed by atoms with van der Waals surface area (Å²) in [6.45, 7) is 3.91. The summed E-state index contributed by atoms with van der Waals surface area (Å²) in [5, 5.41) is 0.